The average molecular weight is 576 g/mol. The number of ether oxygens (including phenoxy) is 1. The van der Waals surface area contributed by atoms with E-state index in [1.165, 1.54) is 18.9 Å². The number of aryl methyl sites for hydroxylation is 2. The number of aliphatic carboxylic acids is 1. The third-order valence-corrected chi connectivity index (χ3v) is 8.06. The topological polar surface area (TPSA) is 117 Å². The molecule has 0 bridgehead atoms. The van der Waals surface area contributed by atoms with Crippen molar-refractivity contribution in [2.45, 2.75) is 68.9 Å². The summed E-state index contributed by atoms with van der Waals surface area (Å²) in [7, 11) is 1.47. The lowest BCUT2D eigenvalue weighted by molar-refractivity contribution is -0.142. The lowest BCUT2D eigenvalue weighted by Gasteiger charge is -2.27. The lowest BCUT2D eigenvalue weighted by Crippen LogP contribution is -2.47. The zero-order valence-electron chi connectivity index (χ0n) is 23.0. The van der Waals surface area contributed by atoms with Crippen LogP contribution in [0.25, 0.3) is 0 Å². The largest absolute Gasteiger partial charge is 0.480 e. The number of nitrogens with one attached hydrogen (secondary N) is 2. The number of pyridine rings is 2. The number of halogens is 2. The number of carbonyl (C=O) groups is 2. The van der Waals surface area contributed by atoms with Crippen molar-refractivity contribution in [1.82, 2.24) is 20.2 Å². The smallest absolute Gasteiger partial charge is 0.326 e. The summed E-state index contributed by atoms with van der Waals surface area (Å²) in [5, 5.41) is 16.4. The highest BCUT2D eigenvalue weighted by molar-refractivity contribution is 6.30. The number of anilines is 1. The van der Waals surface area contributed by atoms with Gasteiger partial charge in [0, 0.05) is 44.8 Å². The predicted molar refractivity (Wildman–Crippen MR) is 152 cm³/mol. The van der Waals surface area contributed by atoms with E-state index in [1.807, 2.05) is 4.90 Å². The van der Waals surface area contributed by atoms with Gasteiger partial charge in [0.1, 0.15) is 18.5 Å². The molecule has 3 N–H and O–H groups in total. The van der Waals surface area contributed by atoms with Crippen molar-refractivity contribution in [3.05, 3.63) is 52.4 Å². The molecule has 0 spiro atoms. The molecule has 0 aromatic carbocycles. The molecule has 4 rings (SSSR count). The van der Waals surface area contributed by atoms with Crippen LogP contribution in [0.4, 0.5) is 10.2 Å². The van der Waals surface area contributed by atoms with Crippen molar-refractivity contribution in [2.75, 3.05) is 45.3 Å². The monoisotopic (exact) mass is 575 g/mol. The Kier molecular flexibility index (Phi) is 10.7. The Labute approximate surface area is 239 Å². The van der Waals surface area contributed by atoms with Gasteiger partial charge in [-0.15, -0.1) is 0 Å². The number of methoxy groups -OCH3 is 1. The number of fused-ring (bicyclic) bond motifs is 1. The molecule has 1 amide bonds. The second-order valence-electron chi connectivity index (χ2n) is 10.7. The SMILES string of the molecule is CO[C@H](CF)CN(CCCCc1ccc2c(n1)NCCC2)CC[C@H](NC(=O)C1(c2cncc(Cl)c2)CC1)C(=O)O. The van der Waals surface area contributed by atoms with E-state index in [2.05, 4.69) is 27.8 Å². The summed E-state index contributed by atoms with van der Waals surface area (Å²) < 4.78 is 18.7. The first kappa shape index (κ1) is 30.1. The fraction of sp³-hybridized carbons (Fsp3) is 0.586. The molecule has 1 aliphatic carbocycles. The number of aromatic nitrogens is 2. The highest BCUT2D eigenvalue weighted by Crippen LogP contribution is 2.48. The molecule has 2 aromatic rings. The molecular weight excluding hydrogens is 537 g/mol. The zero-order chi connectivity index (χ0) is 28.5. The fourth-order valence-electron chi connectivity index (χ4n) is 5.23. The Balaban J connectivity index is 1.31. The van der Waals surface area contributed by atoms with Crippen molar-refractivity contribution < 1.29 is 23.8 Å². The van der Waals surface area contributed by atoms with Gasteiger partial charge in [-0.05, 0) is 81.2 Å². The maximum absolute atomic E-state index is 13.5. The van der Waals surface area contributed by atoms with Gasteiger partial charge in [-0.1, -0.05) is 17.7 Å². The van der Waals surface area contributed by atoms with Gasteiger partial charge in [0.05, 0.1) is 16.5 Å². The number of rotatable bonds is 16. The van der Waals surface area contributed by atoms with Crippen LogP contribution in [0, 0.1) is 0 Å². The van der Waals surface area contributed by atoms with E-state index in [0.717, 1.165) is 50.2 Å². The zero-order valence-corrected chi connectivity index (χ0v) is 23.8. The standard InChI is InChI=1S/C29H39ClFN5O4/c1-40-24(16-31)19-36(13-3-2-6-23-8-7-20-5-4-12-33-26(20)34-23)14-9-25(27(37)38)35-28(39)29(10-11-29)21-15-22(30)18-32-17-21/h7-8,15,17-18,24-25H,2-6,9-14,16,19H2,1H3,(H,33,34)(H,35,39)(H,37,38)/t24-,25+/m1/s1. The molecule has 218 valence electrons. The van der Waals surface area contributed by atoms with E-state index < -0.39 is 30.2 Å². The van der Waals surface area contributed by atoms with E-state index >= 15 is 0 Å². The maximum Gasteiger partial charge on any atom is 0.326 e. The summed E-state index contributed by atoms with van der Waals surface area (Å²) in [5.41, 5.74) is 2.20. The highest BCUT2D eigenvalue weighted by atomic mass is 35.5. The van der Waals surface area contributed by atoms with Crippen LogP contribution in [-0.4, -0.2) is 84.0 Å². The maximum atomic E-state index is 13.5. The van der Waals surface area contributed by atoms with Crippen molar-refractivity contribution in [1.29, 1.82) is 0 Å². The molecule has 0 unspecified atom stereocenters. The first-order valence-corrected chi connectivity index (χ1v) is 14.4. The van der Waals surface area contributed by atoms with Gasteiger partial charge < -0.3 is 25.4 Å². The number of hydrogen-bond acceptors (Lipinski definition) is 7. The molecule has 1 saturated carbocycles. The number of amides is 1. The van der Waals surface area contributed by atoms with Crippen LogP contribution >= 0.6 is 11.6 Å². The van der Waals surface area contributed by atoms with E-state index in [4.69, 9.17) is 21.3 Å². The minimum atomic E-state index is -1.10. The average Bonchev–Trinajstić information content (AvgIpc) is 3.77. The van der Waals surface area contributed by atoms with Crippen LogP contribution in [0.5, 0.6) is 0 Å². The van der Waals surface area contributed by atoms with Crippen LogP contribution in [0.1, 0.15) is 55.3 Å². The Morgan fingerprint density at radius 3 is 2.80 bits per heavy atom. The molecule has 11 heteroatoms. The fourth-order valence-corrected chi connectivity index (χ4v) is 5.40. The highest BCUT2D eigenvalue weighted by Gasteiger charge is 2.52. The van der Waals surface area contributed by atoms with Crippen molar-refractivity contribution in [3.8, 4) is 0 Å². The normalized spacial score (nSPS) is 17.0. The van der Waals surface area contributed by atoms with Crippen LogP contribution in [0.3, 0.4) is 0 Å². The van der Waals surface area contributed by atoms with E-state index in [9.17, 15) is 19.1 Å². The number of hydrogen-bond donors (Lipinski definition) is 3. The molecule has 0 saturated heterocycles. The van der Waals surface area contributed by atoms with E-state index in [1.54, 1.807) is 12.3 Å². The second kappa shape index (κ2) is 14.2. The van der Waals surface area contributed by atoms with Crippen LogP contribution in [0.15, 0.2) is 30.6 Å². The van der Waals surface area contributed by atoms with Crippen LogP contribution in [-0.2, 0) is 32.6 Å². The van der Waals surface area contributed by atoms with Gasteiger partial charge in [-0.25, -0.2) is 14.2 Å². The molecule has 1 aliphatic heterocycles. The summed E-state index contributed by atoms with van der Waals surface area (Å²) in [4.78, 5) is 36.1. The van der Waals surface area contributed by atoms with Gasteiger partial charge in [-0.2, -0.15) is 0 Å². The first-order valence-electron chi connectivity index (χ1n) is 14.0. The Bertz CT molecular complexity index is 1160. The first-order chi connectivity index (χ1) is 19.3. The van der Waals surface area contributed by atoms with Gasteiger partial charge in [0.2, 0.25) is 5.91 Å². The second-order valence-corrected chi connectivity index (χ2v) is 11.2. The summed E-state index contributed by atoms with van der Waals surface area (Å²) in [6.07, 6.45) is 8.65. The Hall–Kier alpha value is -2.82. The van der Waals surface area contributed by atoms with Crippen LogP contribution in [0.2, 0.25) is 5.02 Å². The molecule has 2 aliphatic rings. The third-order valence-electron chi connectivity index (χ3n) is 7.86. The Morgan fingerprint density at radius 1 is 1.27 bits per heavy atom. The number of alkyl halides is 1. The Morgan fingerprint density at radius 2 is 2.10 bits per heavy atom. The quantitative estimate of drug-likeness (QED) is 0.259. The van der Waals surface area contributed by atoms with Gasteiger partial charge in [-0.3, -0.25) is 9.78 Å². The number of carboxylic acids is 1. The number of nitrogens with zero attached hydrogens (tertiary/aromatic N) is 3. The third kappa shape index (κ3) is 7.89. The summed E-state index contributed by atoms with van der Waals surface area (Å²) in [5.74, 6) is -0.451. The summed E-state index contributed by atoms with van der Waals surface area (Å²) in [6, 6.07) is 4.87. The molecule has 1 fully saturated rings. The summed E-state index contributed by atoms with van der Waals surface area (Å²) in [6.45, 7) is 1.69. The lowest BCUT2D eigenvalue weighted by atomic mass is 9.96. The molecule has 0 radical (unpaired) electrons. The van der Waals surface area contributed by atoms with Crippen molar-refractivity contribution in [2.24, 2.45) is 0 Å². The van der Waals surface area contributed by atoms with Crippen LogP contribution < -0.4 is 10.6 Å². The minimum absolute atomic E-state index is 0.186. The molecule has 9 nitrogen and oxygen atoms in total. The summed E-state index contributed by atoms with van der Waals surface area (Å²) >= 11 is 6.07. The van der Waals surface area contributed by atoms with Gasteiger partial charge in [0.25, 0.3) is 0 Å². The molecular formula is C29H39ClFN5O4. The van der Waals surface area contributed by atoms with Crippen molar-refractivity contribution in [3.63, 3.8) is 0 Å². The van der Waals surface area contributed by atoms with Gasteiger partial charge in [0.15, 0.2) is 0 Å². The number of carbonyl (C=O) groups excluding carboxylic acids is 1. The molecule has 40 heavy (non-hydrogen) atoms. The van der Waals surface area contributed by atoms with Crippen molar-refractivity contribution >= 4 is 29.3 Å². The van der Waals surface area contributed by atoms with E-state index in [0.29, 0.717) is 43.1 Å². The molecule has 3 heterocycles. The predicted octanol–water partition coefficient (Wildman–Crippen LogP) is 3.79. The van der Waals surface area contributed by atoms with Gasteiger partial charge >= 0.3 is 5.97 Å². The minimum Gasteiger partial charge on any atom is -0.480 e. The number of unbranched alkanes of at least 4 members (excludes halogenated alkanes) is 1. The van der Waals surface area contributed by atoms with E-state index in [-0.39, 0.29) is 12.3 Å². The number of carboxylic acid groups (broad SMARTS) is 1. The molecule has 2 atom stereocenters. The molecule has 2 aromatic heterocycles.